The van der Waals surface area contributed by atoms with E-state index < -0.39 is 12.1 Å². The highest BCUT2D eigenvalue weighted by molar-refractivity contribution is 5.95. The first-order valence-electron chi connectivity index (χ1n) is 10.5. The van der Waals surface area contributed by atoms with Gasteiger partial charge in [-0.25, -0.2) is 0 Å². The number of carbonyl (C=O) groups is 3. The molecule has 0 radical (unpaired) electrons. The summed E-state index contributed by atoms with van der Waals surface area (Å²) in [6.45, 7) is 2.06. The van der Waals surface area contributed by atoms with Gasteiger partial charge in [0.2, 0.25) is 17.7 Å². The second-order valence-corrected chi connectivity index (χ2v) is 7.82. The number of nitrogens with zero attached hydrogens (tertiary/aromatic N) is 5. The molecule has 0 aliphatic carbocycles. The Morgan fingerprint density at radius 1 is 1.13 bits per heavy atom. The number of piperazine rings is 2. The van der Waals surface area contributed by atoms with Crippen LogP contribution in [-0.2, 0) is 32.1 Å². The third-order valence-corrected chi connectivity index (χ3v) is 5.91. The topological polar surface area (TPSA) is 88.0 Å². The van der Waals surface area contributed by atoms with Crippen molar-refractivity contribution in [2.45, 2.75) is 25.0 Å². The number of aromatic nitrogens is 2. The first kappa shape index (κ1) is 21.0. The molecular formula is C22H27N5O4. The van der Waals surface area contributed by atoms with Crippen molar-refractivity contribution in [1.29, 1.82) is 0 Å². The summed E-state index contributed by atoms with van der Waals surface area (Å²) in [7, 11) is 1.59. The fraction of sp³-hybridized carbons (Fsp3) is 0.455. The zero-order valence-corrected chi connectivity index (χ0v) is 17.6. The lowest BCUT2D eigenvalue weighted by Crippen LogP contribution is -2.71. The van der Waals surface area contributed by atoms with Crippen LogP contribution in [0.4, 0.5) is 0 Å². The molecule has 2 aliphatic rings. The van der Waals surface area contributed by atoms with Crippen molar-refractivity contribution in [3.63, 3.8) is 0 Å². The largest absolute Gasteiger partial charge is 0.383 e. The van der Waals surface area contributed by atoms with Gasteiger partial charge in [0.15, 0.2) is 0 Å². The molecule has 1 aromatic carbocycles. The quantitative estimate of drug-likeness (QED) is 0.624. The van der Waals surface area contributed by atoms with E-state index in [1.807, 2.05) is 30.3 Å². The van der Waals surface area contributed by atoms with Crippen molar-refractivity contribution in [2.75, 3.05) is 39.9 Å². The van der Waals surface area contributed by atoms with E-state index in [1.54, 1.807) is 40.3 Å². The van der Waals surface area contributed by atoms with Crippen LogP contribution in [0, 0.1) is 0 Å². The lowest BCUT2D eigenvalue weighted by molar-refractivity contribution is -0.166. The predicted molar refractivity (Wildman–Crippen MR) is 112 cm³/mol. The highest BCUT2D eigenvalue weighted by Gasteiger charge is 2.48. The number of carbonyl (C=O) groups excluding carboxylic acids is 3. The molecular weight excluding hydrogens is 398 g/mol. The first-order valence-corrected chi connectivity index (χ1v) is 10.5. The molecule has 3 heterocycles. The van der Waals surface area contributed by atoms with Gasteiger partial charge in [-0.05, 0) is 11.6 Å². The van der Waals surface area contributed by atoms with Crippen molar-refractivity contribution in [2.24, 2.45) is 0 Å². The molecule has 0 bridgehead atoms. The summed E-state index contributed by atoms with van der Waals surface area (Å²) < 4.78 is 6.64. The van der Waals surface area contributed by atoms with Gasteiger partial charge in [-0.2, -0.15) is 5.10 Å². The van der Waals surface area contributed by atoms with Crippen LogP contribution in [0.15, 0.2) is 48.8 Å². The number of rotatable bonds is 7. The smallest absolute Gasteiger partial charge is 0.247 e. The molecule has 2 aliphatic heterocycles. The van der Waals surface area contributed by atoms with Crippen LogP contribution in [0.25, 0.3) is 0 Å². The number of hydrogen-bond donors (Lipinski definition) is 0. The highest BCUT2D eigenvalue weighted by Crippen LogP contribution is 2.24. The Hall–Kier alpha value is -3.20. The normalized spacial score (nSPS) is 21.4. The van der Waals surface area contributed by atoms with E-state index in [0.717, 1.165) is 5.56 Å². The van der Waals surface area contributed by atoms with Crippen LogP contribution in [0.2, 0.25) is 0 Å². The van der Waals surface area contributed by atoms with Gasteiger partial charge in [-0.15, -0.1) is 0 Å². The van der Waals surface area contributed by atoms with E-state index in [1.165, 1.54) is 4.68 Å². The number of methoxy groups -OCH3 is 1. The van der Waals surface area contributed by atoms with E-state index in [0.29, 0.717) is 32.7 Å². The average molecular weight is 425 g/mol. The number of ether oxygens (including phenoxy) is 1. The summed E-state index contributed by atoms with van der Waals surface area (Å²) in [5.41, 5.74) is 0.973. The summed E-state index contributed by atoms with van der Waals surface area (Å²) in [5, 5.41) is 4.11. The Morgan fingerprint density at radius 3 is 2.65 bits per heavy atom. The van der Waals surface area contributed by atoms with Gasteiger partial charge in [0.1, 0.15) is 18.6 Å². The minimum absolute atomic E-state index is 0.0276. The van der Waals surface area contributed by atoms with E-state index in [-0.39, 0.29) is 30.8 Å². The second-order valence-electron chi connectivity index (χ2n) is 7.82. The average Bonchev–Trinajstić information content (AvgIpc) is 3.29. The Labute approximate surface area is 181 Å². The first-order chi connectivity index (χ1) is 15.1. The van der Waals surface area contributed by atoms with Gasteiger partial charge in [-0.3, -0.25) is 19.1 Å². The molecule has 3 amide bonds. The molecule has 9 heteroatoms. The van der Waals surface area contributed by atoms with Gasteiger partial charge < -0.3 is 19.4 Å². The third kappa shape index (κ3) is 4.46. The van der Waals surface area contributed by atoms with Crippen molar-refractivity contribution < 1.29 is 19.1 Å². The number of amides is 3. The van der Waals surface area contributed by atoms with E-state index in [2.05, 4.69) is 5.10 Å². The standard InChI is InChI=1S/C22H27N5O4/c1-31-13-12-24-10-11-26-19(21(24)29)15-27(20(28)16-25-9-5-8-23-25)18(22(26)30)14-17-6-3-2-4-7-17/h2-9,18-19H,10-16H2,1H3/t18-,19-/m0/s1. The Morgan fingerprint density at radius 2 is 1.94 bits per heavy atom. The second kappa shape index (κ2) is 9.30. The molecule has 2 fully saturated rings. The molecule has 0 spiro atoms. The highest BCUT2D eigenvalue weighted by atomic mass is 16.5. The lowest BCUT2D eigenvalue weighted by atomic mass is 9.96. The summed E-state index contributed by atoms with van der Waals surface area (Å²) in [6.07, 6.45) is 3.73. The van der Waals surface area contributed by atoms with Crippen LogP contribution < -0.4 is 0 Å². The van der Waals surface area contributed by atoms with Gasteiger partial charge in [0.05, 0.1) is 13.2 Å². The zero-order valence-electron chi connectivity index (χ0n) is 17.6. The van der Waals surface area contributed by atoms with Crippen molar-refractivity contribution in [1.82, 2.24) is 24.5 Å². The number of fused-ring (bicyclic) bond motifs is 1. The minimum atomic E-state index is -0.660. The molecule has 0 saturated carbocycles. The molecule has 9 nitrogen and oxygen atoms in total. The summed E-state index contributed by atoms with van der Waals surface area (Å²) >= 11 is 0. The fourth-order valence-corrected chi connectivity index (χ4v) is 4.27. The molecule has 31 heavy (non-hydrogen) atoms. The molecule has 2 atom stereocenters. The number of benzene rings is 1. The summed E-state index contributed by atoms with van der Waals surface area (Å²) in [5.74, 6) is -0.528. The van der Waals surface area contributed by atoms with Crippen molar-refractivity contribution in [3.8, 4) is 0 Å². The lowest BCUT2D eigenvalue weighted by Gasteiger charge is -2.49. The summed E-state index contributed by atoms with van der Waals surface area (Å²) in [6, 6.07) is 10.1. The Kier molecular flexibility index (Phi) is 6.31. The molecule has 164 valence electrons. The van der Waals surface area contributed by atoms with Crippen LogP contribution in [-0.4, -0.2) is 94.2 Å². The van der Waals surface area contributed by atoms with Crippen LogP contribution >= 0.6 is 0 Å². The SMILES string of the molecule is COCCN1CCN2C(=O)[C@H](Cc3ccccc3)N(C(=O)Cn3cccn3)C[C@H]2C1=O. The molecule has 4 rings (SSSR count). The van der Waals surface area contributed by atoms with E-state index >= 15 is 0 Å². The molecule has 1 aromatic heterocycles. The fourth-order valence-electron chi connectivity index (χ4n) is 4.27. The maximum Gasteiger partial charge on any atom is 0.247 e. The van der Waals surface area contributed by atoms with Crippen LogP contribution in [0.5, 0.6) is 0 Å². The van der Waals surface area contributed by atoms with Gasteiger partial charge in [0, 0.05) is 45.6 Å². The predicted octanol–water partition coefficient (Wildman–Crippen LogP) is 0.0224. The maximum atomic E-state index is 13.5. The monoisotopic (exact) mass is 425 g/mol. The van der Waals surface area contributed by atoms with Gasteiger partial charge in [0.25, 0.3) is 0 Å². The van der Waals surface area contributed by atoms with Gasteiger partial charge in [-0.1, -0.05) is 30.3 Å². The maximum absolute atomic E-state index is 13.5. The van der Waals surface area contributed by atoms with E-state index in [4.69, 9.17) is 4.74 Å². The van der Waals surface area contributed by atoms with Gasteiger partial charge >= 0.3 is 0 Å². The minimum Gasteiger partial charge on any atom is -0.383 e. The Bertz CT molecular complexity index is 917. The molecule has 0 unspecified atom stereocenters. The van der Waals surface area contributed by atoms with E-state index in [9.17, 15) is 14.4 Å². The molecule has 2 aromatic rings. The van der Waals surface area contributed by atoms with Crippen LogP contribution in [0.3, 0.4) is 0 Å². The molecule has 0 N–H and O–H groups in total. The molecule has 2 saturated heterocycles. The van der Waals surface area contributed by atoms with Crippen molar-refractivity contribution in [3.05, 3.63) is 54.4 Å². The number of hydrogen-bond acceptors (Lipinski definition) is 5. The third-order valence-electron chi connectivity index (χ3n) is 5.91. The Balaban J connectivity index is 1.58. The zero-order chi connectivity index (χ0) is 21.8. The van der Waals surface area contributed by atoms with Crippen LogP contribution in [0.1, 0.15) is 5.56 Å². The van der Waals surface area contributed by atoms with Crippen molar-refractivity contribution >= 4 is 17.7 Å². The summed E-state index contributed by atoms with van der Waals surface area (Å²) in [4.78, 5) is 44.7.